The second-order valence-electron chi connectivity index (χ2n) is 6.30. The van der Waals surface area contributed by atoms with Gasteiger partial charge in [0.05, 0.1) is 5.54 Å². The minimum Gasteiger partial charge on any atom is -0.312 e. The van der Waals surface area contributed by atoms with Crippen LogP contribution in [0.1, 0.15) is 65.2 Å². The maximum atomic E-state index is 12.0. The standard InChI is InChI=1S/C15H27N3O/c1-3-4-5-6-7-10-15(2)13(16)17-14(19)18(15)11-12-8-9-12/h12H,3-11H2,1-2H3,(H2,16,17,19). The topological polar surface area (TPSA) is 56.2 Å². The van der Waals surface area contributed by atoms with Gasteiger partial charge in [0, 0.05) is 6.54 Å². The van der Waals surface area contributed by atoms with Crippen molar-refractivity contribution in [3.63, 3.8) is 0 Å². The molecule has 2 amide bonds. The summed E-state index contributed by atoms with van der Waals surface area (Å²) in [5.41, 5.74) is -0.383. The summed E-state index contributed by atoms with van der Waals surface area (Å²) in [5.74, 6) is 1.07. The molecule has 1 aliphatic carbocycles. The van der Waals surface area contributed by atoms with E-state index >= 15 is 0 Å². The largest absolute Gasteiger partial charge is 0.323 e. The molecule has 0 aromatic heterocycles. The van der Waals surface area contributed by atoms with Crippen molar-refractivity contribution in [2.24, 2.45) is 5.92 Å². The van der Waals surface area contributed by atoms with Crippen LogP contribution in [0.2, 0.25) is 0 Å². The molecule has 1 unspecified atom stereocenters. The summed E-state index contributed by atoms with van der Waals surface area (Å²) < 4.78 is 0. The lowest BCUT2D eigenvalue weighted by atomic mass is 9.92. The molecule has 1 saturated carbocycles. The van der Waals surface area contributed by atoms with Gasteiger partial charge >= 0.3 is 6.03 Å². The van der Waals surface area contributed by atoms with Gasteiger partial charge in [0.25, 0.3) is 0 Å². The van der Waals surface area contributed by atoms with Gasteiger partial charge in [-0.05, 0) is 32.1 Å². The highest BCUT2D eigenvalue weighted by molar-refractivity contribution is 6.08. The third-order valence-electron chi connectivity index (χ3n) is 4.52. The van der Waals surface area contributed by atoms with Crippen molar-refractivity contribution in [1.82, 2.24) is 10.2 Å². The molecule has 0 radical (unpaired) electrons. The van der Waals surface area contributed by atoms with E-state index in [9.17, 15) is 4.79 Å². The number of nitrogens with one attached hydrogen (secondary N) is 2. The van der Waals surface area contributed by atoms with Crippen molar-refractivity contribution in [2.45, 2.75) is 70.8 Å². The van der Waals surface area contributed by atoms with Gasteiger partial charge in [-0.1, -0.05) is 39.0 Å². The first-order valence-corrected chi connectivity index (χ1v) is 7.75. The second kappa shape index (κ2) is 5.93. The molecule has 4 nitrogen and oxygen atoms in total. The van der Waals surface area contributed by atoms with Crippen molar-refractivity contribution >= 4 is 11.9 Å². The van der Waals surface area contributed by atoms with Crippen molar-refractivity contribution in [3.8, 4) is 0 Å². The zero-order valence-corrected chi connectivity index (χ0v) is 12.3. The summed E-state index contributed by atoms with van der Waals surface area (Å²) in [4.78, 5) is 13.9. The summed E-state index contributed by atoms with van der Waals surface area (Å²) in [5, 5.41) is 10.8. The first-order valence-electron chi connectivity index (χ1n) is 7.75. The first-order chi connectivity index (χ1) is 9.08. The molecule has 1 atom stereocenters. The summed E-state index contributed by atoms with van der Waals surface area (Å²) >= 11 is 0. The van der Waals surface area contributed by atoms with Gasteiger partial charge in [-0.2, -0.15) is 0 Å². The number of nitrogens with zero attached hydrogens (tertiary/aromatic N) is 1. The quantitative estimate of drug-likeness (QED) is 0.648. The van der Waals surface area contributed by atoms with Crippen molar-refractivity contribution in [2.75, 3.05) is 6.54 Å². The number of rotatable bonds is 8. The molecule has 2 fully saturated rings. The zero-order chi connectivity index (χ0) is 13.9. The molecular weight excluding hydrogens is 238 g/mol. The Morgan fingerprint density at radius 3 is 2.63 bits per heavy atom. The molecule has 0 bridgehead atoms. The number of carbonyl (C=O) groups excluding carboxylic acids is 1. The summed E-state index contributed by atoms with van der Waals surface area (Å²) in [6.45, 7) is 5.10. The van der Waals surface area contributed by atoms with E-state index in [1.54, 1.807) is 0 Å². The highest BCUT2D eigenvalue weighted by Crippen LogP contribution is 2.35. The average molecular weight is 265 g/mol. The molecule has 2 aliphatic rings. The first kappa shape index (κ1) is 14.4. The molecule has 4 heteroatoms. The fraction of sp³-hybridized carbons (Fsp3) is 0.867. The van der Waals surface area contributed by atoms with E-state index in [0.717, 1.165) is 19.4 Å². The Morgan fingerprint density at radius 2 is 2.00 bits per heavy atom. The number of amides is 2. The molecule has 0 aromatic carbocycles. The van der Waals surface area contributed by atoms with Crippen LogP contribution in [0.25, 0.3) is 0 Å². The van der Waals surface area contributed by atoms with Crippen LogP contribution in [0.4, 0.5) is 4.79 Å². The summed E-state index contributed by atoms with van der Waals surface area (Å²) in [6.07, 6.45) is 9.52. The van der Waals surface area contributed by atoms with E-state index in [1.165, 1.54) is 38.5 Å². The predicted octanol–water partition coefficient (Wildman–Crippen LogP) is 3.52. The molecular formula is C15H27N3O. The fourth-order valence-electron chi connectivity index (χ4n) is 2.84. The van der Waals surface area contributed by atoms with Crippen LogP contribution in [0.5, 0.6) is 0 Å². The van der Waals surface area contributed by atoms with Crippen LogP contribution >= 0.6 is 0 Å². The van der Waals surface area contributed by atoms with Crippen molar-refractivity contribution in [3.05, 3.63) is 0 Å². The lowest BCUT2D eigenvalue weighted by Crippen LogP contribution is -2.47. The van der Waals surface area contributed by atoms with E-state index in [2.05, 4.69) is 19.2 Å². The molecule has 0 spiro atoms. The molecule has 1 aliphatic heterocycles. The average Bonchev–Trinajstić information content (AvgIpc) is 3.15. The molecule has 1 heterocycles. The molecule has 108 valence electrons. The third kappa shape index (κ3) is 3.28. The van der Waals surface area contributed by atoms with Crippen molar-refractivity contribution < 1.29 is 4.79 Å². The van der Waals surface area contributed by atoms with Gasteiger partial charge in [0.1, 0.15) is 5.84 Å². The Kier molecular flexibility index (Phi) is 4.48. The smallest absolute Gasteiger partial charge is 0.312 e. The summed E-state index contributed by atoms with van der Waals surface area (Å²) in [6, 6.07) is -0.0621. The minimum atomic E-state index is -0.383. The number of unbranched alkanes of at least 4 members (excludes halogenated alkanes) is 4. The van der Waals surface area contributed by atoms with E-state index < -0.39 is 0 Å². The number of hydrogen-bond donors (Lipinski definition) is 2. The minimum absolute atomic E-state index is 0.0621. The highest BCUT2D eigenvalue weighted by atomic mass is 16.2. The second-order valence-corrected chi connectivity index (χ2v) is 6.30. The molecule has 0 aromatic rings. The number of carbonyl (C=O) groups is 1. The number of amidine groups is 1. The van der Waals surface area contributed by atoms with Gasteiger partial charge in [-0.3, -0.25) is 10.7 Å². The van der Waals surface area contributed by atoms with E-state index in [1.807, 2.05) is 4.90 Å². The van der Waals surface area contributed by atoms with E-state index in [4.69, 9.17) is 5.41 Å². The van der Waals surface area contributed by atoms with Gasteiger partial charge in [-0.25, -0.2) is 4.79 Å². The monoisotopic (exact) mass is 265 g/mol. The Morgan fingerprint density at radius 1 is 1.32 bits per heavy atom. The Balaban J connectivity index is 1.88. The molecule has 19 heavy (non-hydrogen) atoms. The Hall–Kier alpha value is -1.06. The van der Waals surface area contributed by atoms with Crippen LogP contribution in [-0.4, -0.2) is 28.9 Å². The SMILES string of the molecule is CCCCCCCC1(C)C(=N)NC(=O)N1CC1CC1. The van der Waals surface area contributed by atoms with Gasteiger partial charge in [0.2, 0.25) is 0 Å². The highest BCUT2D eigenvalue weighted by Gasteiger charge is 2.47. The maximum Gasteiger partial charge on any atom is 0.323 e. The Labute approximate surface area is 116 Å². The maximum absolute atomic E-state index is 12.0. The molecule has 1 saturated heterocycles. The summed E-state index contributed by atoms with van der Waals surface area (Å²) in [7, 11) is 0. The third-order valence-corrected chi connectivity index (χ3v) is 4.52. The van der Waals surface area contributed by atoms with E-state index in [0.29, 0.717) is 11.8 Å². The molecule has 2 rings (SSSR count). The van der Waals surface area contributed by atoms with Crippen LogP contribution in [-0.2, 0) is 0 Å². The normalized spacial score (nSPS) is 26.9. The zero-order valence-electron chi connectivity index (χ0n) is 12.3. The number of urea groups is 1. The van der Waals surface area contributed by atoms with Crippen molar-refractivity contribution in [1.29, 1.82) is 5.41 Å². The van der Waals surface area contributed by atoms with Gasteiger partial charge in [0.15, 0.2) is 0 Å². The van der Waals surface area contributed by atoms with Crippen LogP contribution in [0.15, 0.2) is 0 Å². The van der Waals surface area contributed by atoms with Gasteiger partial charge in [-0.15, -0.1) is 0 Å². The fourth-order valence-corrected chi connectivity index (χ4v) is 2.84. The van der Waals surface area contributed by atoms with E-state index in [-0.39, 0.29) is 11.6 Å². The molecule has 2 N–H and O–H groups in total. The predicted molar refractivity (Wildman–Crippen MR) is 77.5 cm³/mol. The lowest BCUT2D eigenvalue weighted by molar-refractivity contribution is 0.169. The van der Waals surface area contributed by atoms with Crippen LogP contribution < -0.4 is 5.32 Å². The Bertz CT molecular complexity index is 351. The number of hydrogen-bond acceptors (Lipinski definition) is 2. The van der Waals surface area contributed by atoms with Crippen LogP contribution in [0, 0.1) is 11.3 Å². The van der Waals surface area contributed by atoms with Gasteiger partial charge < -0.3 is 4.90 Å². The van der Waals surface area contributed by atoms with Crippen LogP contribution in [0.3, 0.4) is 0 Å². The lowest BCUT2D eigenvalue weighted by Gasteiger charge is -2.33.